The molecule has 86 valence electrons. The lowest BCUT2D eigenvalue weighted by Crippen LogP contribution is -2.33. The lowest BCUT2D eigenvalue weighted by atomic mass is 10.2. The lowest BCUT2D eigenvalue weighted by Gasteiger charge is -2.13. The van der Waals surface area contributed by atoms with Gasteiger partial charge in [-0.3, -0.25) is 10.1 Å². The zero-order valence-electron chi connectivity index (χ0n) is 8.18. The van der Waals surface area contributed by atoms with Crippen molar-refractivity contribution in [1.82, 2.24) is 5.32 Å². The van der Waals surface area contributed by atoms with Crippen LogP contribution in [0.2, 0.25) is 0 Å². The van der Waals surface area contributed by atoms with Gasteiger partial charge in [0.05, 0.1) is 5.37 Å². The molecule has 2 atom stereocenters. The van der Waals surface area contributed by atoms with Crippen molar-refractivity contribution in [1.29, 1.82) is 0 Å². The molecule has 4 nitrogen and oxygen atoms in total. The zero-order chi connectivity index (χ0) is 11.7. The summed E-state index contributed by atoms with van der Waals surface area (Å²) in [7, 11) is 0. The summed E-state index contributed by atoms with van der Waals surface area (Å²) in [5.41, 5.74) is 0.711. The first-order valence-electron chi connectivity index (χ1n) is 4.67. The number of thioether (sulfide) groups is 1. The predicted molar refractivity (Wildman–Crippen MR) is 65.6 cm³/mol. The number of carboxylic acids is 1. The van der Waals surface area contributed by atoms with E-state index in [1.807, 2.05) is 0 Å². The maximum absolute atomic E-state index is 10.8. The number of hydrogen-bond acceptors (Lipinski definition) is 4. The molecule has 0 amide bonds. The highest BCUT2D eigenvalue weighted by atomic mass is 79.9. The number of hydrogen-bond donors (Lipinski definition) is 3. The molecule has 3 N–H and O–H groups in total. The Morgan fingerprint density at radius 2 is 2.31 bits per heavy atom. The molecule has 6 heteroatoms. The summed E-state index contributed by atoms with van der Waals surface area (Å²) < 4.78 is 0.862. The van der Waals surface area contributed by atoms with E-state index in [-0.39, 0.29) is 11.1 Å². The van der Waals surface area contributed by atoms with Crippen LogP contribution in [0.4, 0.5) is 0 Å². The van der Waals surface area contributed by atoms with Crippen molar-refractivity contribution in [3.8, 4) is 5.75 Å². The van der Waals surface area contributed by atoms with Crippen LogP contribution in [0.1, 0.15) is 10.9 Å². The second-order valence-electron chi connectivity index (χ2n) is 3.47. The molecular formula is C10H10BrNO3S. The zero-order valence-corrected chi connectivity index (χ0v) is 10.6. The van der Waals surface area contributed by atoms with Gasteiger partial charge in [0.1, 0.15) is 11.8 Å². The number of phenols is 1. The van der Waals surface area contributed by atoms with Crippen LogP contribution in [0.25, 0.3) is 0 Å². The first kappa shape index (κ1) is 11.8. The Morgan fingerprint density at radius 3 is 2.94 bits per heavy atom. The van der Waals surface area contributed by atoms with Crippen LogP contribution in [0.15, 0.2) is 22.7 Å². The van der Waals surface area contributed by atoms with Gasteiger partial charge in [-0.05, 0) is 18.2 Å². The maximum Gasteiger partial charge on any atom is 0.321 e. The third-order valence-electron chi connectivity index (χ3n) is 2.35. The summed E-state index contributed by atoms with van der Waals surface area (Å²) in [6.45, 7) is 0. The van der Waals surface area contributed by atoms with Gasteiger partial charge >= 0.3 is 5.97 Å². The summed E-state index contributed by atoms with van der Waals surface area (Å²) in [6.07, 6.45) is 0. The molecule has 0 aromatic heterocycles. The monoisotopic (exact) mass is 303 g/mol. The second kappa shape index (κ2) is 4.65. The van der Waals surface area contributed by atoms with Crippen LogP contribution in [-0.4, -0.2) is 28.0 Å². The first-order valence-corrected chi connectivity index (χ1v) is 6.51. The summed E-state index contributed by atoms with van der Waals surface area (Å²) in [5, 5.41) is 21.3. The molecule has 1 aliphatic heterocycles. The van der Waals surface area contributed by atoms with Crippen LogP contribution in [-0.2, 0) is 4.79 Å². The SMILES string of the molecule is O=C(O)[C@H]1CS[C@H](c2cc(Br)ccc2O)N1. The topological polar surface area (TPSA) is 69.6 Å². The summed E-state index contributed by atoms with van der Waals surface area (Å²) in [6, 6.07) is 4.58. The van der Waals surface area contributed by atoms with E-state index in [4.69, 9.17) is 5.11 Å². The largest absolute Gasteiger partial charge is 0.508 e. The van der Waals surface area contributed by atoms with Crippen LogP contribution in [0.3, 0.4) is 0 Å². The number of carboxylic acid groups (broad SMARTS) is 1. The van der Waals surface area contributed by atoms with Gasteiger partial charge in [-0.1, -0.05) is 15.9 Å². The predicted octanol–water partition coefficient (Wildman–Crippen LogP) is 1.94. The molecule has 1 fully saturated rings. The van der Waals surface area contributed by atoms with Gasteiger partial charge in [-0.25, -0.2) is 0 Å². The first-order chi connectivity index (χ1) is 7.58. The highest BCUT2D eigenvalue weighted by molar-refractivity contribution is 9.10. The Morgan fingerprint density at radius 1 is 1.56 bits per heavy atom. The van der Waals surface area contributed by atoms with Gasteiger partial charge in [-0.2, -0.15) is 0 Å². The molecular weight excluding hydrogens is 294 g/mol. The van der Waals surface area contributed by atoms with E-state index in [1.165, 1.54) is 11.8 Å². The van der Waals surface area contributed by atoms with Crippen molar-refractivity contribution >= 4 is 33.7 Å². The standard InChI is InChI=1S/C10H10BrNO3S/c11-5-1-2-8(13)6(3-5)9-12-7(4-16-9)10(14)15/h1-3,7,9,12-13H,4H2,(H,14,15)/t7-,9-/m1/s1. The molecule has 0 bridgehead atoms. The Kier molecular flexibility index (Phi) is 3.41. The molecule has 2 rings (SSSR count). The van der Waals surface area contributed by atoms with E-state index >= 15 is 0 Å². The molecule has 1 aromatic rings. The number of phenolic OH excluding ortho intramolecular Hbond substituents is 1. The van der Waals surface area contributed by atoms with E-state index in [2.05, 4.69) is 21.2 Å². The van der Waals surface area contributed by atoms with Crippen molar-refractivity contribution in [2.45, 2.75) is 11.4 Å². The summed E-state index contributed by atoms with van der Waals surface area (Å²) in [5.74, 6) is -0.171. The Bertz CT molecular complexity index is 427. The van der Waals surface area contributed by atoms with Crippen molar-refractivity contribution in [3.63, 3.8) is 0 Å². The van der Waals surface area contributed by atoms with Gasteiger partial charge in [-0.15, -0.1) is 11.8 Å². The number of aromatic hydroxyl groups is 1. The molecule has 1 aromatic carbocycles. The van der Waals surface area contributed by atoms with Crippen LogP contribution >= 0.6 is 27.7 Å². The van der Waals surface area contributed by atoms with Gasteiger partial charge in [0.15, 0.2) is 0 Å². The van der Waals surface area contributed by atoms with E-state index in [9.17, 15) is 9.90 Å². The minimum atomic E-state index is -0.857. The molecule has 0 saturated carbocycles. The normalized spacial score (nSPS) is 24.6. The molecule has 1 aliphatic rings. The van der Waals surface area contributed by atoms with E-state index in [0.29, 0.717) is 11.3 Å². The van der Waals surface area contributed by atoms with E-state index in [1.54, 1.807) is 18.2 Å². The second-order valence-corrected chi connectivity index (χ2v) is 5.53. The highest BCUT2D eigenvalue weighted by Gasteiger charge is 2.31. The molecule has 1 heterocycles. The molecule has 0 radical (unpaired) electrons. The average molecular weight is 304 g/mol. The smallest absolute Gasteiger partial charge is 0.321 e. The van der Waals surface area contributed by atoms with Crippen molar-refractivity contribution in [3.05, 3.63) is 28.2 Å². The molecule has 1 saturated heterocycles. The summed E-state index contributed by atoms with van der Waals surface area (Å²) >= 11 is 4.80. The number of halogens is 1. The Balaban J connectivity index is 2.20. The molecule has 0 unspecified atom stereocenters. The quantitative estimate of drug-likeness (QED) is 0.779. The maximum atomic E-state index is 10.8. The number of rotatable bonds is 2. The number of benzene rings is 1. The van der Waals surface area contributed by atoms with E-state index in [0.717, 1.165) is 4.47 Å². The van der Waals surface area contributed by atoms with Gasteiger partial charge in [0.25, 0.3) is 0 Å². The Hall–Kier alpha value is -0.720. The fourth-order valence-corrected chi connectivity index (χ4v) is 3.16. The molecule has 16 heavy (non-hydrogen) atoms. The van der Waals surface area contributed by atoms with Crippen LogP contribution < -0.4 is 5.32 Å². The fraction of sp³-hybridized carbons (Fsp3) is 0.300. The fourth-order valence-electron chi connectivity index (χ4n) is 1.53. The van der Waals surface area contributed by atoms with Crippen LogP contribution in [0, 0.1) is 0 Å². The third kappa shape index (κ3) is 2.34. The lowest BCUT2D eigenvalue weighted by molar-refractivity contribution is -0.138. The van der Waals surface area contributed by atoms with Gasteiger partial charge in [0, 0.05) is 15.8 Å². The van der Waals surface area contributed by atoms with Crippen molar-refractivity contribution in [2.24, 2.45) is 0 Å². The Labute approximate surface area is 105 Å². The van der Waals surface area contributed by atoms with Crippen LogP contribution in [0.5, 0.6) is 5.75 Å². The van der Waals surface area contributed by atoms with Crippen molar-refractivity contribution < 1.29 is 15.0 Å². The minimum absolute atomic E-state index is 0.168. The van der Waals surface area contributed by atoms with Crippen molar-refractivity contribution in [2.75, 3.05) is 5.75 Å². The summed E-state index contributed by atoms with van der Waals surface area (Å²) in [4.78, 5) is 10.8. The van der Waals surface area contributed by atoms with Gasteiger partial charge < -0.3 is 10.2 Å². The third-order valence-corrected chi connectivity index (χ3v) is 4.09. The van der Waals surface area contributed by atoms with Gasteiger partial charge in [0.2, 0.25) is 0 Å². The number of carbonyl (C=O) groups is 1. The average Bonchev–Trinajstić information content (AvgIpc) is 2.70. The minimum Gasteiger partial charge on any atom is -0.508 e. The number of nitrogens with one attached hydrogen (secondary N) is 1. The molecule has 0 aliphatic carbocycles. The molecule has 0 spiro atoms. The van der Waals surface area contributed by atoms with E-state index < -0.39 is 12.0 Å². The highest BCUT2D eigenvalue weighted by Crippen LogP contribution is 2.38. The number of aliphatic carboxylic acids is 1.